The first-order valence-corrected chi connectivity index (χ1v) is 4.88. The van der Waals surface area contributed by atoms with Gasteiger partial charge in [-0.2, -0.15) is 5.26 Å². The van der Waals surface area contributed by atoms with E-state index in [0.717, 1.165) is 5.56 Å². The largest absolute Gasteiger partial charge is 0.419 e. The van der Waals surface area contributed by atoms with Gasteiger partial charge in [-0.15, -0.1) is 0 Å². The molecule has 1 aromatic carbocycles. The normalized spacial score (nSPS) is 10.1. The first-order chi connectivity index (χ1) is 8.11. The molecule has 2 rings (SSSR count). The smallest absolute Gasteiger partial charge is 0.408 e. The Hall–Kier alpha value is -2.55. The van der Waals surface area contributed by atoms with Gasteiger partial charge in [-0.05, 0) is 17.7 Å². The fourth-order valence-corrected chi connectivity index (χ4v) is 1.51. The summed E-state index contributed by atoms with van der Waals surface area (Å²) in [5, 5.41) is 10.7. The molecule has 2 aromatic rings. The van der Waals surface area contributed by atoms with E-state index in [1.165, 1.54) is 10.6 Å². The van der Waals surface area contributed by atoms with Gasteiger partial charge in [0.1, 0.15) is 0 Å². The Morgan fingerprint density at radius 2 is 2.35 bits per heavy atom. The molecule has 0 saturated heterocycles. The number of rotatable bonds is 2. The topological polar surface area (TPSA) is 88.0 Å². The van der Waals surface area contributed by atoms with Gasteiger partial charge in [0.25, 0.3) is 0 Å². The standard InChI is InChI=1S/C11H9N3O3/c1-14-8-3-2-7(6-13-10(15)5-12)4-9(8)17-11(14)16/h2-4H,6H2,1H3,(H,13,15). The Kier molecular flexibility index (Phi) is 2.66. The van der Waals surface area contributed by atoms with Crippen molar-refractivity contribution in [3.8, 4) is 6.07 Å². The van der Waals surface area contributed by atoms with Gasteiger partial charge in [0.2, 0.25) is 0 Å². The van der Waals surface area contributed by atoms with Crippen molar-refractivity contribution in [1.82, 2.24) is 9.88 Å². The molecule has 0 saturated carbocycles. The Balaban J connectivity index is 2.30. The molecular formula is C11H9N3O3. The van der Waals surface area contributed by atoms with Gasteiger partial charge in [-0.25, -0.2) is 4.79 Å². The molecule has 0 aliphatic heterocycles. The molecule has 0 atom stereocenters. The van der Waals surface area contributed by atoms with Gasteiger partial charge in [0, 0.05) is 13.6 Å². The van der Waals surface area contributed by atoms with E-state index >= 15 is 0 Å². The van der Waals surface area contributed by atoms with Crippen molar-refractivity contribution in [1.29, 1.82) is 5.26 Å². The van der Waals surface area contributed by atoms with Crippen LogP contribution in [0.15, 0.2) is 27.4 Å². The number of fused-ring (bicyclic) bond motifs is 1. The molecule has 0 spiro atoms. The lowest BCUT2D eigenvalue weighted by Gasteiger charge is -2.00. The average Bonchev–Trinajstić information content (AvgIpc) is 2.62. The first kappa shape index (κ1) is 11.0. The molecule has 6 nitrogen and oxygen atoms in total. The molecule has 1 N–H and O–H groups in total. The van der Waals surface area contributed by atoms with E-state index in [0.29, 0.717) is 11.1 Å². The second kappa shape index (κ2) is 4.14. The summed E-state index contributed by atoms with van der Waals surface area (Å²) in [6.07, 6.45) is 0. The summed E-state index contributed by atoms with van der Waals surface area (Å²) in [6, 6.07) is 6.61. The Labute approximate surface area is 96.1 Å². The van der Waals surface area contributed by atoms with Crippen LogP contribution >= 0.6 is 0 Å². The molecule has 0 unspecified atom stereocenters. The predicted octanol–water partition coefficient (Wildman–Crippen LogP) is 0.271. The molecule has 1 heterocycles. The molecule has 6 heteroatoms. The highest BCUT2D eigenvalue weighted by atomic mass is 16.4. The van der Waals surface area contributed by atoms with E-state index in [2.05, 4.69) is 5.32 Å². The highest BCUT2D eigenvalue weighted by molar-refractivity contribution is 5.91. The van der Waals surface area contributed by atoms with Crippen LogP contribution in [0.1, 0.15) is 5.56 Å². The maximum atomic E-state index is 11.2. The molecule has 0 aliphatic rings. The first-order valence-electron chi connectivity index (χ1n) is 4.88. The number of nitrogens with one attached hydrogen (secondary N) is 1. The lowest BCUT2D eigenvalue weighted by atomic mass is 10.2. The van der Waals surface area contributed by atoms with Crippen molar-refractivity contribution in [2.75, 3.05) is 0 Å². The zero-order chi connectivity index (χ0) is 12.4. The molecular weight excluding hydrogens is 222 g/mol. The third-order valence-electron chi connectivity index (χ3n) is 2.41. The third kappa shape index (κ3) is 2.03. The average molecular weight is 231 g/mol. The summed E-state index contributed by atoms with van der Waals surface area (Å²) in [4.78, 5) is 22.0. The number of nitriles is 1. The number of nitrogens with zero attached hydrogens (tertiary/aromatic N) is 2. The van der Waals surface area contributed by atoms with Crippen molar-refractivity contribution in [3.05, 3.63) is 34.3 Å². The number of hydrogen-bond donors (Lipinski definition) is 1. The number of carbonyl (C=O) groups excluding carboxylic acids is 1. The molecule has 17 heavy (non-hydrogen) atoms. The van der Waals surface area contributed by atoms with Crippen LogP contribution in [0.5, 0.6) is 0 Å². The van der Waals surface area contributed by atoms with Crippen LogP contribution in [0, 0.1) is 11.3 Å². The predicted molar refractivity (Wildman–Crippen MR) is 58.9 cm³/mol. The summed E-state index contributed by atoms with van der Waals surface area (Å²) >= 11 is 0. The molecule has 0 fully saturated rings. The lowest BCUT2D eigenvalue weighted by molar-refractivity contribution is -0.116. The SMILES string of the molecule is Cn1c(=O)oc2cc(CNC(=O)C#N)ccc21. The van der Waals surface area contributed by atoms with E-state index in [9.17, 15) is 9.59 Å². The van der Waals surface area contributed by atoms with Crippen molar-refractivity contribution in [3.63, 3.8) is 0 Å². The monoisotopic (exact) mass is 231 g/mol. The number of carbonyl (C=O) groups is 1. The summed E-state index contributed by atoms with van der Waals surface area (Å²) < 4.78 is 6.40. The third-order valence-corrected chi connectivity index (χ3v) is 2.41. The van der Waals surface area contributed by atoms with Crippen LogP contribution in [0.3, 0.4) is 0 Å². The number of amides is 1. The number of hydrogen-bond acceptors (Lipinski definition) is 4. The zero-order valence-corrected chi connectivity index (χ0v) is 9.06. The van der Waals surface area contributed by atoms with Crippen molar-refractivity contribution in [2.24, 2.45) is 7.05 Å². The summed E-state index contributed by atoms with van der Waals surface area (Å²) in [5.41, 5.74) is 1.90. The van der Waals surface area contributed by atoms with Gasteiger partial charge in [0.05, 0.1) is 5.52 Å². The van der Waals surface area contributed by atoms with Gasteiger partial charge in [-0.3, -0.25) is 9.36 Å². The quantitative estimate of drug-likeness (QED) is 0.751. The van der Waals surface area contributed by atoms with E-state index in [4.69, 9.17) is 9.68 Å². The minimum absolute atomic E-state index is 0.223. The van der Waals surface area contributed by atoms with Gasteiger partial charge in [0.15, 0.2) is 11.7 Å². The molecule has 86 valence electrons. The van der Waals surface area contributed by atoms with E-state index < -0.39 is 11.7 Å². The van der Waals surface area contributed by atoms with E-state index in [1.807, 2.05) is 0 Å². The second-order valence-electron chi connectivity index (χ2n) is 3.52. The Bertz CT molecular complexity index is 675. The van der Waals surface area contributed by atoms with Crippen LogP contribution in [0.2, 0.25) is 0 Å². The molecule has 0 aliphatic carbocycles. The number of oxazole rings is 1. The van der Waals surface area contributed by atoms with Crippen LogP contribution in [-0.2, 0) is 18.4 Å². The van der Waals surface area contributed by atoms with Gasteiger partial charge < -0.3 is 9.73 Å². The number of benzene rings is 1. The molecule has 1 aromatic heterocycles. The molecule has 0 bridgehead atoms. The van der Waals surface area contributed by atoms with E-state index in [1.54, 1.807) is 25.2 Å². The summed E-state index contributed by atoms with van der Waals surface area (Å²) in [6.45, 7) is 0.223. The van der Waals surface area contributed by atoms with Crippen molar-refractivity contribution < 1.29 is 9.21 Å². The van der Waals surface area contributed by atoms with Crippen molar-refractivity contribution in [2.45, 2.75) is 6.54 Å². The van der Waals surface area contributed by atoms with E-state index in [-0.39, 0.29) is 6.54 Å². The lowest BCUT2D eigenvalue weighted by Crippen LogP contribution is -2.20. The minimum Gasteiger partial charge on any atom is -0.408 e. The minimum atomic E-state index is -0.695. The van der Waals surface area contributed by atoms with Crippen molar-refractivity contribution >= 4 is 17.0 Å². The fraction of sp³-hybridized carbons (Fsp3) is 0.182. The molecule has 0 radical (unpaired) electrons. The fourth-order valence-electron chi connectivity index (χ4n) is 1.51. The molecule has 1 amide bonds. The highest BCUT2D eigenvalue weighted by Gasteiger charge is 2.06. The number of aromatic nitrogens is 1. The Morgan fingerprint density at radius 3 is 3.06 bits per heavy atom. The summed E-state index contributed by atoms with van der Waals surface area (Å²) in [7, 11) is 1.62. The zero-order valence-electron chi connectivity index (χ0n) is 9.06. The maximum absolute atomic E-state index is 11.2. The highest BCUT2D eigenvalue weighted by Crippen LogP contribution is 2.13. The summed E-state index contributed by atoms with van der Waals surface area (Å²) in [5.74, 6) is -1.13. The Morgan fingerprint density at radius 1 is 1.59 bits per heavy atom. The van der Waals surface area contributed by atoms with Gasteiger partial charge >= 0.3 is 11.7 Å². The van der Waals surface area contributed by atoms with Crippen LogP contribution in [0.25, 0.3) is 11.1 Å². The van der Waals surface area contributed by atoms with Crippen LogP contribution in [0.4, 0.5) is 0 Å². The number of aryl methyl sites for hydroxylation is 1. The maximum Gasteiger partial charge on any atom is 0.419 e. The van der Waals surface area contributed by atoms with Crippen LogP contribution in [-0.4, -0.2) is 10.5 Å². The van der Waals surface area contributed by atoms with Gasteiger partial charge in [-0.1, -0.05) is 6.07 Å². The van der Waals surface area contributed by atoms with Crippen LogP contribution < -0.4 is 11.1 Å². The second-order valence-corrected chi connectivity index (χ2v) is 3.52.